The molecule has 10 heteroatoms. The van der Waals surface area contributed by atoms with Crippen molar-refractivity contribution in [1.82, 2.24) is 14.1 Å². The largest absolute Gasteiger partial charge is 0.491 e. The Labute approximate surface area is 214 Å². The Hall–Kier alpha value is -3.14. The van der Waals surface area contributed by atoms with Crippen LogP contribution in [0.2, 0.25) is 5.02 Å². The molecule has 0 amide bonds. The monoisotopic (exact) mass is 514 g/mol. The van der Waals surface area contributed by atoms with Crippen molar-refractivity contribution >= 4 is 23.2 Å². The maximum absolute atomic E-state index is 13.6. The molecule has 1 aliphatic heterocycles. The number of nitrogens with one attached hydrogen (secondary N) is 1. The van der Waals surface area contributed by atoms with E-state index in [1.807, 2.05) is 51.1 Å². The van der Waals surface area contributed by atoms with E-state index in [9.17, 15) is 9.59 Å². The van der Waals surface area contributed by atoms with Crippen molar-refractivity contribution in [2.24, 2.45) is 0 Å². The van der Waals surface area contributed by atoms with Crippen LogP contribution in [0.3, 0.4) is 0 Å². The first-order valence-electron chi connectivity index (χ1n) is 11.8. The Morgan fingerprint density at radius 3 is 2.50 bits per heavy atom. The second-order valence-electron chi connectivity index (χ2n) is 9.55. The molecule has 1 fully saturated rings. The van der Waals surface area contributed by atoms with Crippen molar-refractivity contribution in [1.29, 1.82) is 0 Å². The number of aromatic nitrogens is 3. The zero-order valence-electron chi connectivity index (χ0n) is 21.1. The topological polar surface area (TPSA) is 96.6 Å². The summed E-state index contributed by atoms with van der Waals surface area (Å²) in [5, 5.41) is 3.73. The Kier molecular flexibility index (Phi) is 7.54. The van der Waals surface area contributed by atoms with Gasteiger partial charge in [-0.15, -0.1) is 0 Å². The molecule has 36 heavy (non-hydrogen) atoms. The molecule has 0 radical (unpaired) electrons. The van der Waals surface area contributed by atoms with Crippen LogP contribution in [0.15, 0.2) is 52.1 Å². The van der Waals surface area contributed by atoms with Gasteiger partial charge in [0, 0.05) is 10.7 Å². The molecule has 2 heterocycles. The number of ether oxygens (including phenoxy) is 3. The van der Waals surface area contributed by atoms with E-state index in [0.717, 1.165) is 21.4 Å². The third-order valence-electron chi connectivity index (χ3n) is 5.65. The Morgan fingerprint density at radius 1 is 1.17 bits per heavy atom. The molecule has 0 saturated carbocycles. The molecule has 192 valence electrons. The lowest BCUT2D eigenvalue weighted by atomic mass is 10.2. The molecule has 1 saturated heterocycles. The Balaban J connectivity index is 1.71. The first-order chi connectivity index (χ1) is 17.0. The van der Waals surface area contributed by atoms with E-state index < -0.39 is 23.3 Å². The van der Waals surface area contributed by atoms with Crippen LogP contribution >= 0.6 is 11.6 Å². The molecule has 0 spiro atoms. The van der Waals surface area contributed by atoms with Crippen LogP contribution in [0.25, 0.3) is 0 Å². The number of halogens is 1. The number of aryl methyl sites for hydroxylation is 1. The summed E-state index contributed by atoms with van der Waals surface area (Å²) < 4.78 is 19.7. The van der Waals surface area contributed by atoms with Gasteiger partial charge in [0.05, 0.1) is 25.8 Å². The van der Waals surface area contributed by atoms with Crippen LogP contribution in [0.4, 0.5) is 11.6 Å². The minimum atomic E-state index is -0.769. The third kappa shape index (κ3) is 6.16. The maximum Gasteiger partial charge on any atom is 0.355 e. The summed E-state index contributed by atoms with van der Waals surface area (Å²) in [4.78, 5) is 30.8. The first kappa shape index (κ1) is 25.9. The summed E-state index contributed by atoms with van der Waals surface area (Å²) in [6, 6.07) is 12.7. The molecular weight excluding hydrogens is 484 g/mol. The number of anilines is 2. The SMILES string of the molecule is Cc1cc(Nc2nc(=O)n(C[C@H]3COC(C)(C)O3)c(=O)n2Cc2ccc(Cl)cc2)ccc1OC(C)C. The number of hydrogen-bond acceptors (Lipinski definition) is 7. The van der Waals surface area contributed by atoms with E-state index in [1.54, 1.807) is 26.0 Å². The summed E-state index contributed by atoms with van der Waals surface area (Å²) in [7, 11) is 0. The molecule has 0 aliphatic carbocycles. The van der Waals surface area contributed by atoms with Gasteiger partial charge in [0.1, 0.15) is 11.9 Å². The van der Waals surface area contributed by atoms with Gasteiger partial charge in [-0.2, -0.15) is 4.98 Å². The molecule has 1 aliphatic rings. The van der Waals surface area contributed by atoms with Crippen LogP contribution in [0.1, 0.15) is 38.8 Å². The normalized spacial score (nSPS) is 16.9. The highest BCUT2D eigenvalue weighted by Gasteiger charge is 2.33. The van der Waals surface area contributed by atoms with Crippen molar-refractivity contribution in [3.63, 3.8) is 0 Å². The number of nitrogens with zero attached hydrogens (tertiary/aromatic N) is 3. The molecule has 1 atom stereocenters. The minimum absolute atomic E-state index is 0.0370. The lowest BCUT2D eigenvalue weighted by Crippen LogP contribution is -2.45. The van der Waals surface area contributed by atoms with Gasteiger partial charge in [0.15, 0.2) is 5.79 Å². The van der Waals surface area contributed by atoms with Crippen LogP contribution in [-0.4, -0.2) is 38.7 Å². The van der Waals surface area contributed by atoms with Crippen LogP contribution in [-0.2, 0) is 22.6 Å². The van der Waals surface area contributed by atoms with Gasteiger partial charge in [-0.25, -0.2) is 14.2 Å². The molecular formula is C26H31ClN4O5. The smallest absolute Gasteiger partial charge is 0.355 e. The van der Waals surface area contributed by atoms with Gasteiger partial charge < -0.3 is 19.5 Å². The van der Waals surface area contributed by atoms with E-state index >= 15 is 0 Å². The van der Waals surface area contributed by atoms with E-state index in [4.69, 9.17) is 25.8 Å². The van der Waals surface area contributed by atoms with Gasteiger partial charge in [-0.05, 0) is 76.1 Å². The van der Waals surface area contributed by atoms with E-state index in [1.165, 1.54) is 4.57 Å². The van der Waals surface area contributed by atoms with Crippen LogP contribution in [0.5, 0.6) is 5.75 Å². The van der Waals surface area contributed by atoms with Gasteiger partial charge in [-0.3, -0.25) is 4.57 Å². The predicted octanol–water partition coefficient (Wildman–Crippen LogP) is 4.10. The number of hydrogen-bond donors (Lipinski definition) is 1. The molecule has 1 N–H and O–H groups in total. The fourth-order valence-corrected chi connectivity index (χ4v) is 4.12. The Bertz CT molecular complexity index is 1350. The fourth-order valence-electron chi connectivity index (χ4n) is 4.00. The standard InChI is InChI=1S/C26H31ClN4O5/c1-16(2)35-22-11-10-20(12-17(22)3)28-23-29-24(32)31(14-21-15-34-26(4,5)36-21)25(33)30(23)13-18-6-8-19(27)9-7-18/h6-12,16,21H,13-15H2,1-5H3,(H,28,29,32)/t21-/m0/s1. The van der Waals surface area contributed by atoms with E-state index in [0.29, 0.717) is 10.7 Å². The maximum atomic E-state index is 13.6. The third-order valence-corrected chi connectivity index (χ3v) is 5.90. The van der Waals surface area contributed by atoms with Gasteiger partial charge >= 0.3 is 11.4 Å². The van der Waals surface area contributed by atoms with Crippen molar-refractivity contribution in [2.75, 3.05) is 11.9 Å². The molecule has 0 unspecified atom stereocenters. The predicted molar refractivity (Wildman–Crippen MR) is 138 cm³/mol. The number of benzene rings is 2. The summed E-state index contributed by atoms with van der Waals surface area (Å²) in [5.74, 6) is 0.130. The fraction of sp³-hybridized carbons (Fsp3) is 0.423. The molecule has 4 rings (SSSR count). The second-order valence-corrected chi connectivity index (χ2v) is 9.98. The highest BCUT2D eigenvalue weighted by Crippen LogP contribution is 2.25. The van der Waals surface area contributed by atoms with Crippen molar-refractivity contribution in [3.05, 3.63) is 79.6 Å². The summed E-state index contributed by atoms with van der Waals surface area (Å²) in [5.41, 5.74) is 1.24. The van der Waals surface area contributed by atoms with Gasteiger partial charge in [-0.1, -0.05) is 23.7 Å². The summed E-state index contributed by atoms with van der Waals surface area (Å²) >= 11 is 6.03. The summed E-state index contributed by atoms with van der Waals surface area (Å²) in [6.07, 6.45) is -0.396. The molecule has 1 aromatic heterocycles. The number of rotatable bonds is 8. The first-order valence-corrected chi connectivity index (χ1v) is 12.2. The second kappa shape index (κ2) is 10.5. The quantitative estimate of drug-likeness (QED) is 0.483. The molecule has 9 nitrogen and oxygen atoms in total. The average Bonchev–Trinajstić information content (AvgIpc) is 3.15. The lowest BCUT2D eigenvalue weighted by Gasteiger charge is -2.19. The van der Waals surface area contributed by atoms with Crippen LogP contribution < -0.4 is 21.4 Å². The van der Waals surface area contributed by atoms with Gasteiger partial charge in [0.25, 0.3) is 0 Å². The van der Waals surface area contributed by atoms with Crippen molar-refractivity contribution < 1.29 is 14.2 Å². The van der Waals surface area contributed by atoms with Gasteiger partial charge in [0.2, 0.25) is 5.95 Å². The van der Waals surface area contributed by atoms with Crippen molar-refractivity contribution in [2.45, 2.75) is 65.7 Å². The lowest BCUT2D eigenvalue weighted by molar-refractivity contribution is -0.139. The zero-order chi connectivity index (χ0) is 26.0. The van der Waals surface area contributed by atoms with Crippen molar-refractivity contribution in [3.8, 4) is 5.75 Å². The highest BCUT2D eigenvalue weighted by atomic mass is 35.5. The Morgan fingerprint density at radius 2 is 1.89 bits per heavy atom. The van der Waals surface area contributed by atoms with E-state index in [-0.39, 0.29) is 31.7 Å². The zero-order valence-corrected chi connectivity index (χ0v) is 21.8. The highest BCUT2D eigenvalue weighted by molar-refractivity contribution is 6.30. The average molecular weight is 515 g/mol. The van der Waals surface area contributed by atoms with Crippen LogP contribution in [0, 0.1) is 6.92 Å². The molecule has 2 aromatic carbocycles. The van der Waals surface area contributed by atoms with E-state index in [2.05, 4.69) is 10.3 Å². The molecule has 0 bridgehead atoms. The minimum Gasteiger partial charge on any atom is -0.491 e. The molecule has 3 aromatic rings. The summed E-state index contributed by atoms with van der Waals surface area (Å²) in [6.45, 7) is 9.94.